The lowest BCUT2D eigenvalue weighted by Crippen LogP contribution is -2.57. The van der Waals surface area contributed by atoms with Crippen molar-refractivity contribution in [2.45, 2.75) is 42.2 Å². The Morgan fingerprint density at radius 2 is 1.56 bits per heavy atom. The fourth-order valence-electron chi connectivity index (χ4n) is 2.81. The molecule has 0 unspecified atom stereocenters. The molecule has 1 heterocycles. The summed E-state index contributed by atoms with van der Waals surface area (Å²) >= 11 is 1.30. The summed E-state index contributed by atoms with van der Waals surface area (Å²) in [7, 11) is 0. The first-order chi connectivity index (χ1) is 13.1. The minimum atomic E-state index is -1.35. The molecule has 7 heteroatoms. The van der Waals surface area contributed by atoms with E-state index < -0.39 is 36.5 Å². The van der Waals surface area contributed by atoms with Gasteiger partial charge in [-0.25, -0.2) is 0 Å². The number of aliphatic hydroxyl groups is 4. The van der Waals surface area contributed by atoms with E-state index in [2.05, 4.69) is 0 Å². The average molecular weight is 392 g/mol. The van der Waals surface area contributed by atoms with Crippen molar-refractivity contribution in [3.05, 3.63) is 65.7 Å². The summed E-state index contributed by atoms with van der Waals surface area (Å²) in [6.07, 6.45) is -4.78. The molecule has 1 fully saturated rings. The van der Waals surface area contributed by atoms with E-state index in [4.69, 9.17) is 9.47 Å². The molecule has 146 valence electrons. The highest BCUT2D eigenvalue weighted by Gasteiger charge is 2.43. The van der Waals surface area contributed by atoms with Crippen LogP contribution in [0.1, 0.15) is 11.1 Å². The molecule has 2 aromatic rings. The first kappa shape index (κ1) is 20.1. The monoisotopic (exact) mass is 392 g/mol. The first-order valence-electron chi connectivity index (χ1n) is 8.76. The largest absolute Gasteiger partial charge is 0.489 e. The standard InChI is InChI=1S/C20H24O6S/c21-10-16-17(22)18(23)19(24)20(26-16)27-12-14-6-8-15(9-7-14)25-11-13-4-2-1-3-5-13/h1-9,16-24H,10-12H2/t16-,17-,18+,19-,20+/m1/s1. The van der Waals surface area contributed by atoms with Gasteiger partial charge in [0.05, 0.1) is 6.61 Å². The molecule has 6 nitrogen and oxygen atoms in total. The SMILES string of the molecule is OC[C@H]1O[C@@H](SCc2ccc(OCc3ccccc3)cc2)[C@H](O)[C@@H](O)[C@@H]1O. The number of hydrogen-bond donors (Lipinski definition) is 4. The molecular weight excluding hydrogens is 368 g/mol. The quantitative estimate of drug-likeness (QED) is 0.564. The van der Waals surface area contributed by atoms with Gasteiger partial charge in [-0.2, -0.15) is 0 Å². The van der Waals surface area contributed by atoms with Gasteiger partial charge in [-0.1, -0.05) is 42.5 Å². The predicted octanol–water partition coefficient (Wildman–Crippen LogP) is 1.30. The fourth-order valence-corrected chi connectivity index (χ4v) is 3.93. The maximum Gasteiger partial charge on any atom is 0.132 e. The molecule has 0 saturated carbocycles. The van der Waals surface area contributed by atoms with Gasteiger partial charge in [0.25, 0.3) is 0 Å². The van der Waals surface area contributed by atoms with Crippen LogP contribution in [0, 0.1) is 0 Å². The third-order valence-corrected chi connectivity index (χ3v) is 5.65. The first-order valence-corrected chi connectivity index (χ1v) is 9.81. The number of thioether (sulfide) groups is 1. The Hall–Kier alpha value is -1.61. The van der Waals surface area contributed by atoms with E-state index in [0.717, 1.165) is 16.9 Å². The predicted molar refractivity (Wildman–Crippen MR) is 102 cm³/mol. The summed E-state index contributed by atoms with van der Waals surface area (Å²) in [5.74, 6) is 1.31. The molecule has 1 saturated heterocycles. The molecule has 27 heavy (non-hydrogen) atoms. The summed E-state index contributed by atoms with van der Waals surface area (Å²) < 4.78 is 11.2. The second kappa shape index (κ2) is 9.54. The lowest BCUT2D eigenvalue weighted by atomic mass is 10.0. The Morgan fingerprint density at radius 1 is 0.852 bits per heavy atom. The molecule has 5 atom stereocenters. The van der Waals surface area contributed by atoms with Gasteiger partial charge in [0.1, 0.15) is 42.2 Å². The van der Waals surface area contributed by atoms with Crippen LogP contribution in [0.5, 0.6) is 5.75 Å². The van der Waals surface area contributed by atoms with E-state index in [1.165, 1.54) is 11.8 Å². The molecule has 1 aliphatic rings. The minimum absolute atomic E-state index is 0.421. The molecule has 0 aliphatic carbocycles. The van der Waals surface area contributed by atoms with Crippen molar-refractivity contribution in [1.82, 2.24) is 0 Å². The van der Waals surface area contributed by atoms with Crippen molar-refractivity contribution < 1.29 is 29.9 Å². The number of ether oxygens (including phenoxy) is 2. The van der Waals surface area contributed by atoms with Gasteiger partial charge in [-0.3, -0.25) is 0 Å². The maximum atomic E-state index is 10.1. The summed E-state index contributed by atoms with van der Waals surface area (Å²) in [5, 5.41) is 38.9. The topological polar surface area (TPSA) is 99.4 Å². The summed E-state index contributed by atoms with van der Waals surface area (Å²) in [6, 6.07) is 17.5. The number of aliphatic hydroxyl groups excluding tert-OH is 4. The highest BCUT2D eigenvalue weighted by Crippen LogP contribution is 2.30. The van der Waals surface area contributed by atoms with Crippen LogP contribution >= 0.6 is 11.8 Å². The molecule has 0 radical (unpaired) electrons. The zero-order chi connectivity index (χ0) is 19.2. The van der Waals surface area contributed by atoms with E-state index in [0.29, 0.717) is 12.4 Å². The van der Waals surface area contributed by atoms with Crippen molar-refractivity contribution in [2.24, 2.45) is 0 Å². The number of rotatable bonds is 7. The van der Waals surface area contributed by atoms with Gasteiger partial charge >= 0.3 is 0 Å². The highest BCUT2D eigenvalue weighted by molar-refractivity contribution is 7.99. The Kier molecular flexibility index (Phi) is 7.12. The van der Waals surface area contributed by atoms with E-state index in [-0.39, 0.29) is 0 Å². The molecule has 0 bridgehead atoms. The lowest BCUT2D eigenvalue weighted by Gasteiger charge is -2.39. The summed E-state index contributed by atoms with van der Waals surface area (Å²) in [5.41, 5.74) is 1.37. The van der Waals surface area contributed by atoms with Crippen LogP contribution in [0.25, 0.3) is 0 Å². The Bertz CT molecular complexity index is 693. The van der Waals surface area contributed by atoms with Crippen LogP contribution < -0.4 is 4.74 Å². The van der Waals surface area contributed by atoms with Gasteiger partial charge in [-0.15, -0.1) is 11.8 Å². The van der Waals surface area contributed by atoms with E-state index in [1.807, 2.05) is 54.6 Å². The van der Waals surface area contributed by atoms with Gasteiger partial charge in [0.15, 0.2) is 0 Å². The Morgan fingerprint density at radius 3 is 2.22 bits per heavy atom. The van der Waals surface area contributed by atoms with Crippen molar-refractivity contribution >= 4 is 11.8 Å². The van der Waals surface area contributed by atoms with Gasteiger partial charge in [-0.05, 0) is 23.3 Å². The minimum Gasteiger partial charge on any atom is -0.489 e. The normalized spacial score (nSPS) is 28.1. The zero-order valence-corrected chi connectivity index (χ0v) is 15.5. The second-order valence-electron chi connectivity index (χ2n) is 6.43. The molecular formula is C20H24O6S. The Labute approximate surface area is 162 Å². The smallest absolute Gasteiger partial charge is 0.132 e. The molecule has 2 aromatic carbocycles. The van der Waals surface area contributed by atoms with E-state index in [1.54, 1.807) is 0 Å². The number of benzene rings is 2. The van der Waals surface area contributed by atoms with Crippen molar-refractivity contribution in [2.75, 3.05) is 6.61 Å². The Balaban J connectivity index is 1.51. The highest BCUT2D eigenvalue weighted by atomic mass is 32.2. The van der Waals surface area contributed by atoms with Crippen LogP contribution in [-0.2, 0) is 17.1 Å². The third-order valence-electron chi connectivity index (χ3n) is 4.43. The van der Waals surface area contributed by atoms with Crippen LogP contribution in [0.2, 0.25) is 0 Å². The summed E-state index contributed by atoms with van der Waals surface area (Å²) in [6.45, 7) is 0.0786. The fraction of sp³-hybridized carbons (Fsp3) is 0.400. The number of hydrogen-bond acceptors (Lipinski definition) is 7. The van der Waals surface area contributed by atoms with Crippen LogP contribution in [-0.4, -0.2) is 56.9 Å². The van der Waals surface area contributed by atoms with Crippen molar-refractivity contribution in [3.63, 3.8) is 0 Å². The lowest BCUT2D eigenvalue weighted by molar-refractivity contribution is -0.205. The summed E-state index contributed by atoms with van der Waals surface area (Å²) in [4.78, 5) is 0. The molecule has 3 rings (SSSR count). The molecule has 4 N–H and O–H groups in total. The van der Waals surface area contributed by atoms with Crippen LogP contribution in [0.3, 0.4) is 0 Å². The average Bonchev–Trinajstić information content (AvgIpc) is 2.71. The van der Waals surface area contributed by atoms with Crippen LogP contribution in [0.4, 0.5) is 0 Å². The van der Waals surface area contributed by atoms with E-state index >= 15 is 0 Å². The second-order valence-corrected chi connectivity index (χ2v) is 7.51. The zero-order valence-electron chi connectivity index (χ0n) is 14.7. The van der Waals surface area contributed by atoms with Gasteiger partial charge in [0, 0.05) is 5.75 Å². The van der Waals surface area contributed by atoms with Crippen LogP contribution in [0.15, 0.2) is 54.6 Å². The van der Waals surface area contributed by atoms with E-state index in [9.17, 15) is 20.4 Å². The molecule has 0 spiro atoms. The molecule has 0 aromatic heterocycles. The third kappa shape index (κ3) is 5.22. The maximum absolute atomic E-state index is 10.1. The molecule has 1 aliphatic heterocycles. The van der Waals surface area contributed by atoms with Crippen molar-refractivity contribution in [3.8, 4) is 5.75 Å². The van der Waals surface area contributed by atoms with Crippen molar-refractivity contribution in [1.29, 1.82) is 0 Å². The van der Waals surface area contributed by atoms with Gasteiger partial charge < -0.3 is 29.9 Å². The van der Waals surface area contributed by atoms with Gasteiger partial charge in [0.2, 0.25) is 0 Å². The molecule has 0 amide bonds.